The predicted octanol–water partition coefficient (Wildman–Crippen LogP) is 2.61. The smallest absolute Gasteiger partial charge is 0.243 e. The van der Waals surface area contributed by atoms with Gasteiger partial charge in [-0.05, 0) is 49.9 Å². The van der Waals surface area contributed by atoms with Crippen molar-refractivity contribution in [1.82, 2.24) is 9.62 Å². The van der Waals surface area contributed by atoms with Crippen molar-refractivity contribution in [2.45, 2.75) is 51.1 Å². The van der Waals surface area contributed by atoms with Gasteiger partial charge in [-0.1, -0.05) is 26.0 Å². The molecule has 0 aliphatic carbocycles. The van der Waals surface area contributed by atoms with Gasteiger partial charge in [-0.3, -0.25) is 0 Å². The summed E-state index contributed by atoms with van der Waals surface area (Å²) in [5.74, 6) is 0.434. The molecule has 1 saturated heterocycles. The van der Waals surface area contributed by atoms with Gasteiger partial charge in [0.1, 0.15) is 0 Å². The van der Waals surface area contributed by atoms with Crippen LogP contribution in [0.5, 0.6) is 0 Å². The lowest BCUT2D eigenvalue weighted by Gasteiger charge is -2.35. The van der Waals surface area contributed by atoms with E-state index in [-0.39, 0.29) is 6.04 Å². The Kier molecular flexibility index (Phi) is 5.41. The molecule has 0 spiro atoms. The van der Waals surface area contributed by atoms with Crippen molar-refractivity contribution >= 4 is 10.0 Å². The average molecular weight is 310 g/mol. The van der Waals surface area contributed by atoms with E-state index in [0.717, 1.165) is 31.5 Å². The molecule has 1 aromatic rings. The second kappa shape index (κ2) is 6.90. The Bertz CT molecular complexity index is 554. The number of sulfonamides is 1. The zero-order chi connectivity index (χ0) is 15.5. The van der Waals surface area contributed by atoms with Crippen molar-refractivity contribution in [3.63, 3.8) is 0 Å². The van der Waals surface area contributed by atoms with Crippen molar-refractivity contribution in [2.75, 3.05) is 13.1 Å². The van der Waals surface area contributed by atoms with Gasteiger partial charge in [-0.15, -0.1) is 0 Å². The summed E-state index contributed by atoms with van der Waals surface area (Å²) in [6.07, 6.45) is 2.05. The Labute approximate surface area is 128 Å². The van der Waals surface area contributed by atoms with E-state index in [1.165, 1.54) is 0 Å². The fourth-order valence-electron chi connectivity index (χ4n) is 2.77. The van der Waals surface area contributed by atoms with Gasteiger partial charge < -0.3 is 5.32 Å². The average Bonchev–Trinajstić information content (AvgIpc) is 2.48. The summed E-state index contributed by atoms with van der Waals surface area (Å²) in [4.78, 5) is 0.406. The minimum Gasteiger partial charge on any atom is -0.313 e. The van der Waals surface area contributed by atoms with Crippen molar-refractivity contribution in [3.05, 3.63) is 29.8 Å². The summed E-state index contributed by atoms with van der Waals surface area (Å²) in [6, 6.07) is 7.34. The topological polar surface area (TPSA) is 49.4 Å². The van der Waals surface area contributed by atoms with E-state index >= 15 is 0 Å². The molecule has 1 aliphatic heterocycles. The summed E-state index contributed by atoms with van der Waals surface area (Å²) in [6.45, 7) is 8.48. The number of hydrogen-bond acceptors (Lipinski definition) is 3. The summed E-state index contributed by atoms with van der Waals surface area (Å²) < 4.78 is 27.2. The molecule has 1 fully saturated rings. The zero-order valence-electron chi connectivity index (χ0n) is 13.2. The number of benzene rings is 1. The highest BCUT2D eigenvalue weighted by molar-refractivity contribution is 7.89. The molecular weight excluding hydrogens is 284 g/mol. The van der Waals surface area contributed by atoms with E-state index in [1.807, 2.05) is 19.1 Å². The first kappa shape index (κ1) is 16.5. The summed E-state index contributed by atoms with van der Waals surface area (Å²) in [5, 5.41) is 3.24. The highest BCUT2D eigenvalue weighted by Gasteiger charge is 2.33. The van der Waals surface area contributed by atoms with Crippen LogP contribution in [0.25, 0.3) is 0 Å². The van der Waals surface area contributed by atoms with Crippen LogP contribution in [-0.4, -0.2) is 31.9 Å². The molecule has 5 heteroatoms. The second-order valence-electron chi connectivity index (χ2n) is 6.03. The second-order valence-corrected chi connectivity index (χ2v) is 7.92. The standard InChI is InChI=1S/C16H26N2O2S/c1-4-17-11-15-7-9-16(10-8-15)21(19,20)18-12-13(2)5-6-14(18)3/h7-10,13-14,17H,4-6,11-12H2,1-3H3. The van der Waals surface area contributed by atoms with Crippen LogP contribution in [-0.2, 0) is 16.6 Å². The van der Waals surface area contributed by atoms with Crippen LogP contribution in [0.1, 0.15) is 39.2 Å². The predicted molar refractivity (Wildman–Crippen MR) is 85.6 cm³/mol. The Morgan fingerprint density at radius 1 is 1.19 bits per heavy atom. The Morgan fingerprint density at radius 2 is 1.86 bits per heavy atom. The third kappa shape index (κ3) is 3.84. The maximum Gasteiger partial charge on any atom is 0.243 e. The maximum absolute atomic E-state index is 12.8. The van der Waals surface area contributed by atoms with Gasteiger partial charge in [-0.2, -0.15) is 4.31 Å². The Hall–Kier alpha value is -0.910. The summed E-state index contributed by atoms with van der Waals surface area (Å²) >= 11 is 0. The van der Waals surface area contributed by atoms with Crippen LogP contribution in [0.2, 0.25) is 0 Å². The fraction of sp³-hybridized carbons (Fsp3) is 0.625. The molecule has 2 rings (SSSR count). The highest BCUT2D eigenvalue weighted by atomic mass is 32.2. The highest BCUT2D eigenvalue weighted by Crippen LogP contribution is 2.27. The van der Waals surface area contributed by atoms with Crippen LogP contribution in [0.3, 0.4) is 0 Å². The van der Waals surface area contributed by atoms with Crippen LogP contribution in [0.4, 0.5) is 0 Å². The molecule has 4 nitrogen and oxygen atoms in total. The molecule has 2 unspecified atom stereocenters. The molecule has 0 aromatic heterocycles. The quantitative estimate of drug-likeness (QED) is 0.909. The SMILES string of the molecule is CCNCc1ccc(S(=O)(=O)N2CC(C)CCC2C)cc1. The molecule has 118 valence electrons. The minimum absolute atomic E-state index is 0.0904. The lowest BCUT2D eigenvalue weighted by Crippen LogP contribution is -2.44. The van der Waals surface area contributed by atoms with E-state index in [4.69, 9.17) is 0 Å². The van der Waals surface area contributed by atoms with E-state index in [0.29, 0.717) is 17.4 Å². The lowest BCUT2D eigenvalue weighted by molar-refractivity contribution is 0.218. The molecular formula is C16H26N2O2S. The lowest BCUT2D eigenvalue weighted by atomic mass is 9.97. The number of hydrogen-bond donors (Lipinski definition) is 1. The third-order valence-electron chi connectivity index (χ3n) is 4.17. The van der Waals surface area contributed by atoms with Crippen molar-refractivity contribution in [3.8, 4) is 0 Å². The van der Waals surface area contributed by atoms with Crippen LogP contribution >= 0.6 is 0 Å². The summed E-state index contributed by atoms with van der Waals surface area (Å²) in [7, 11) is -3.37. The van der Waals surface area contributed by atoms with Gasteiger partial charge in [0.15, 0.2) is 0 Å². The zero-order valence-corrected chi connectivity index (χ0v) is 14.0. The molecule has 0 saturated carbocycles. The molecule has 1 aromatic carbocycles. The third-order valence-corrected chi connectivity index (χ3v) is 6.16. The molecule has 21 heavy (non-hydrogen) atoms. The Balaban J connectivity index is 2.18. The van der Waals surface area contributed by atoms with E-state index < -0.39 is 10.0 Å². The largest absolute Gasteiger partial charge is 0.313 e. The van der Waals surface area contributed by atoms with Gasteiger partial charge in [0.25, 0.3) is 0 Å². The monoisotopic (exact) mass is 310 g/mol. The van der Waals surface area contributed by atoms with Crippen molar-refractivity contribution in [1.29, 1.82) is 0 Å². The molecule has 0 amide bonds. The normalized spacial score (nSPS) is 24.1. The Morgan fingerprint density at radius 3 is 2.48 bits per heavy atom. The number of piperidine rings is 1. The molecule has 1 aliphatic rings. The minimum atomic E-state index is -3.37. The van der Waals surface area contributed by atoms with E-state index in [2.05, 4.69) is 19.2 Å². The van der Waals surface area contributed by atoms with Crippen molar-refractivity contribution < 1.29 is 8.42 Å². The van der Waals surface area contributed by atoms with Crippen LogP contribution in [0, 0.1) is 5.92 Å². The van der Waals surface area contributed by atoms with Crippen LogP contribution < -0.4 is 5.32 Å². The summed E-state index contributed by atoms with van der Waals surface area (Å²) in [5.41, 5.74) is 1.11. The van der Waals surface area contributed by atoms with Gasteiger partial charge in [0.05, 0.1) is 4.90 Å². The number of nitrogens with one attached hydrogen (secondary N) is 1. The van der Waals surface area contributed by atoms with Gasteiger partial charge >= 0.3 is 0 Å². The molecule has 1 heterocycles. The van der Waals surface area contributed by atoms with Gasteiger partial charge in [-0.25, -0.2) is 8.42 Å². The number of rotatable bonds is 5. The first-order valence-electron chi connectivity index (χ1n) is 7.76. The fourth-order valence-corrected chi connectivity index (χ4v) is 4.55. The van der Waals surface area contributed by atoms with Gasteiger partial charge in [0, 0.05) is 19.1 Å². The van der Waals surface area contributed by atoms with Gasteiger partial charge in [0.2, 0.25) is 10.0 Å². The van der Waals surface area contributed by atoms with Crippen LogP contribution in [0.15, 0.2) is 29.2 Å². The molecule has 2 atom stereocenters. The van der Waals surface area contributed by atoms with E-state index in [1.54, 1.807) is 16.4 Å². The first-order valence-corrected chi connectivity index (χ1v) is 9.20. The molecule has 0 bridgehead atoms. The van der Waals surface area contributed by atoms with E-state index in [9.17, 15) is 8.42 Å². The maximum atomic E-state index is 12.8. The van der Waals surface area contributed by atoms with Crippen molar-refractivity contribution in [2.24, 2.45) is 5.92 Å². The first-order chi connectivity index (χ1) is 9.95. The number of nitrogens with zero attached hydrogens (tertiary/aromatic N) is 1. The molecule has 1 N–H and O–H groups in total. The molecule has 0 radical (unpaired) electrons.